The molecule has 0 saturated carbocycles. The number of aromatic nitrogens is 1. The maximum atomic E-state index is 6.29. The molecule has 124 valence electrons. The van der Waals surface area contributed by atoms with Gasteiger partial charge in [-0.1, -0.05) is 54.6 Å². The molecule has 0 bridgehead atoms. The first-order chi connectivity index (χ1) is 11.8. The van der Waals surface area contributed by atoms with E-state index in [1.165, 1.54) is 27.0 Å². The Labute approximate surface area is 156 Å². The molecule has 0 fully saturated rings. The number of rotatable bonds is 1. The van der Waals surface area contributed by atoms with E-state index in [9.17, 15) is 0 Å². The molecule has 1 atom stereocenters. The van der Waals surface area contributed by atoms with E-state index in [-0.39, 0.29) is 12.4 Å². The van der Waals surface area contributed by atoms with Gasteiger partial charge >= 0.3 is 0 Å². The van der Waals surface area contributed by atoms with Crippen molar-refractivity contribution >= 4 is 40.3 Å². The number of nitrogens with zero attached hydrogens (tertiary/aromatic N) is 1. The van der Waals surface area contributed by atoms with E-state index in [0.29, 0.717) is 11.7 Å². The normalized spacial score (nSPS) is 15.3. The smallest absolute Gasteiger partial charge is 0.131 e. The quantitative estimate of drug-likeness (QED) is 0.473. The first-order valence-corrected chi connectivity index (χ1v) is 9.00. The van der Waals surface area contributed by atoms with Crippen LogP contribution in [0.1, 0.15) is 21.9 Å². The SMILES string of the molecule is Cl.Nc1nc2c(c3ccccc13)C(c1cccs1)Cc1ccccc1-2. The Bertz CT molecular complexity index is 1060. The minimum absolute atomic E-state index is 0. The highest BCUT2D eigenvalue weighted by molar-refractivity contribution is 7.10. The molecule has 1 unspecified atom stereocenters. The van der Waals surface area contributed by atoms with Crippen molar-refractivity contribution < 1.29 is 0 Å². The van der Waals surface area contributed by atoms with Crippen molar-refractivity contribution in [1.29, 1.82) is 0 Å². The van der Waals surface area contributed by atoms with E-state index in [2.05, 4.69) is 60.0 Å². The van der Waals surface area contributed by atoms with Crippen LogP contribution in [0.15, 0.2) is 66.0 Å². The molecule has 2 N–H and O–H groups in total. The van der Waals surface area contributed by atoms with Crippen molar-refractivity contribution in [2.45, 2.75) is 12.3 Å². The number of halogens is 1. The summed E-state index contributed by atoms with van der Waals surface area (Å²) >= 11 is 1.82. The van der Waals surface area contributed by atoms with Crippen LogP contribution in [0, 0.1) is 0 Å². The first-order valence-electron chi connectivity index (χ1n) is 8.12. The summed E-state index contributed by atoms with van der Waals surface area (Å²) in [4.78, 5) is 6.22. The lowest BCUT2D eigenvalue weighted by Crippen LogP contribution is -2.14. The Kier molecular flexibility index (Phi) is 3.98. The molecule has 0 radical (unpaired) electrons. The molecule has 4 aromatic rings. The van der Waals surface area contributed by atoms with Gasteiger partial charge in [0.25, 0.3) is 0 Å². The Morgan fingerprint density at radius 2 is 1.68 bits per heavy atom. The van der Waals surface area contributed by atoms with Crippen LogP contribution in [0.4, 0.5) is 5.82 Å². The van der Waals surface area contributed by atoms with Gasteiger partial charge in [0.15, 0.2) is 0 Å². The van der Waals surface area contributed by atoms with Crippen LogP contribution in [0.2, 0.25) is 0 Å². The average molecular weight is 365 g/mol. The molecule has 1 aliphatic rings. The second kappa shape index (κ2) is 6.17. The Morgan fingerprint density at radius 3 is 2.48 bits per heavy atom. The van der Waals surface area contributed by atoms with Gasteiger partial charge in [-0.25, -0.2) is 4.98 Å². The number of hydrogen-bond donors (Lipinski definition) is 1. The molecular formula is C21H17ClN2S. The van der Waals surface area contributed by atoms with Crippen molar-refractivity contribution in [2.75, 3.05) is 5.73 Å². The third-order valence-corrected chi connectivity index (χ3v) is 5.90. The number of nitrogens with two attached hydrogens (primary N) is 1. The summed E-state index contributed by atoms with van der Waals surface area (Å²) in [6.45, 7) is 0. The number of nitrogen functional groups attached to an aromatic ring is 1. The van der Waals surface area contributed by atoms with E-state index in [0.717, 1.165) is 17.5 Å². The fourth-order valence-electron chi connectivity index (χ4n) is 3.85. The zero-order chi connectivity index (χ0) is 16.1. The Hall–Kier alpha value is -2.36. The molecule has 4 heteroatoms. The minimum atomic E-state index is 0. The lowest BCUT2D eigenvalue weighted by atomic mass is 9.78. The highest BCUT2D eigenvalue weighted by Gasteiger charge is 2.29. The van der Waals surface area contributed by atoms with Crippen LogP contribution in [-0.2, 0) is 6.42 Å². The van der Waals surface area contributed by atoms with Crippen LogP contribution < -0.4 is 5.73 Å². The molecule has 5 rings (SSSR count). The van der Waals surface area contributed by atoms with Crippen LogP contribution >= 0.6 is 23.7 Å². The third kappa shape index (κ3) is 2.43. The predicted molar refractivity (Wildman–Crippen MR) is 109 cm³/mol. The Morgan fingerprint density at radius 1 is 0.920 bits per heavy atom. The lowest BCUT2D eigenvalue weighted by molar-refractivity contribution is 0.810. The van der Waals surface area contributed by atoms with E-state index in [1.54, 1.807) is 0 Å². The minimum Gasteiger partial charge on any atom is -0.383 e. The van der Waals surface area contributed by atoms with Gasteiger partial charge in [-0.3, -0.25) is 0 Å². The maximum absolute atomic E-state index is 6.29. The number of hydrogen-bond acceptors (Lipinski definition) is 3. The molecule has 0 spiro atoms. The van der Waals surface area contributed by atoms with Gasteiger partial charge in [0, 0.05) is 21.7 Å². The fourth-order valence-corrected chi connectivity index (χ4v) is 4.69. The van der Waals surface area contributed by atoms with Gasteiger partial charge in [-0.05, 0) is 34.4 Å². The number of benzene rings is 2. The molecule has 2 aromatic carbocycles. The first kappa shape index (κ1) is 16.1. The van der Waals surface area contributed by atoms with Crippen LogP contribution in [0.3, 0.4) is 0 Å². The van der Waals surface area contributed by atoms with Gasteiger partial charge in [-0.15, -0.1) is 23.7 Å². The van der Waals surface area contributed by atoms with Crippen molar-refractivity contribution in [3.63, 3.8) is 0 Å². The Balaban J connectivity index is 0.00000157. The summed E-state index contributed by atoms with van der Waals surface area (Å²) in [6, 6.07) is 21.3. The lowest BCUT2D eigenvalue weighted by Gasteiger charge is -2.28. The molecule has 0 amide bonds. The molecule has 2 nitrogen and oxygen atoms in total. The summed E-state index contributed by atoms with van der Waals surface area (Å²) in [5.41, 5.74) is 11.2. The largest absolute Gasteiger partial charge is 0.383 e. The molecule has 1 aliphatic carbocycles. The zero-order valence-corrected chi connectivity index (χ0v) is 15.1. The third-order valence-electron chi connectivity index (χ3n) is 4.91. The standard InChI is InChI=1S/C21H16N2S.ClH/c22-21-16-9-4-3-8-15(16)19-17(18-10-5-11-24-18)12-13-6-1-2-7-14(13)20(19)23-21;/h1-11,17H,12H2,(H2,22,23);1H. The summed E-state index contributed by atoms with van der Waals surface area (Å²) in [5.74, 6) is 0.957. The highest BCUT2D eigenvalue weighted by Crippen LogP contribution is 2.46. The summed E-state index contributed by atoms with van der Waals surface area (Å²) in [5, 5.41) is 4.44. The van der Waals surface area contributed by atoms with Gasteiger partial charge < -0.3 is 5.73 Å². The zero-order valence-electron chi connectivity index (χ0n) is 13.5. The molecule has 2 heterocycles. The molecule has 25 heavy (non-hydrogen) atoms. The van der Waals surface area contributed by atoms with Crippen molar-refractivity contribution in [2.24, 2.45) is 0 Å². The molecule has 2 aromatic heterocycles. The van der Waals surface area contributed by atoms with E-state index in [1.807, 2.05) is 17.4 Å². The van der Waals surface area contributed by atoms with Crippen LogP contribution in [0.5, 0.6) is 0 Å². The van der Waals surface area contributed by atoms with Gasteiger partial charge in [-0.2, -0.15) is 0 Å². The van der Waals surface area contributed by atoms with E-state index in [4.69, 9.17) is 10.7 Å². The summed E-state index contributed by atoms with van der Waals surface area (Å²) in [7, 11) is 0. The molecular weight excluding hydrogens is 348 g/mol. The molecule has 0 saturated heterocycles. The molecule has 0 aliphatic heterocycles. The second-order valence-electron chi connectivity index (χ2n) is 6.23. The second-order valence-corrected chi connectivity index (χ2v) is 7.21. The van der Waals surface area contributed by atoms with E-state index >= 15 is 0 Å². The van der Waals surface area contributed by atoms with Crippen LogP contribution in [0.25, 0.3) is 22.0 Å². The number of fused-ring (bicyclic) bond motifs is 5. The summed E-state index contributed by atoms with van der Waals surface area (Å²) in [6.07, 6.45) is 1.01. The van der Waals surface area contributed by atoms with E-state index < -0.39 is 0 Å². The maximum Gasteiger partial charge on any atom is 0.131 e. The monoisotopic (exact) mass is 364 g/mol. The van der Waals surface area contributed by atoms with Crippen LogP contribution in [-0.4, -0.2) is 4.98 Å². The number of pyridine rings is 1. The topological polar surface area (TPSA) is 38.9 Å². The van der Waals surface area contributed by atoms with Crippen molar-refractivity contribution in [3.05, 3.63) is 82.0 Å². The van der Waals surface area contributed by atoms with Gasteiger partial charge in [0.2, 0.25) is 0 Å². The number of anilines is 1. The van der Waals surface area contributed by atoms with Crippen molar-refractivity contribution in [3.8, 4) is 11.3 Å². The predicted octanol–water partition coefficient (Wildman–Crippen LogP) is 5.66. The number of thiophene rings is 1. The highest BCUT2D eigenvalue weighted by atomic mass is 35.5. The average Bonchev–Trinajstić information content (AvgIpc) is 3.16. The fraction of sp³-hybridized carbons (Fsp3) is 0.0952. The summed E-state index contributed by atoms with van der Waals surface area (Å²) < 4.78 is 0. The van der Waals surface area contributed by atoms with Gasteiger partial charge in [0.1, 0.15) is 5.82 Å². The van der Waals surface area contributed by atoms with Crippen molar-refractivity contribution in [1.82, 2.24) is 4.98 Å². The van der Waals surface area contributed by atoms with Gasteiger partial charge in [0.05, 0.1) is 5.69 Å².